The van der Waals surface area contributed by atoms with Crippen molar-refractivity contribution in [3.05, 3.63) is 0 Å². The first-order valence-electron chi connectivity index (χ1n) is 11.1. The number of aliphatic hydroxyl groups is 3. The van der Waals surface area contributed by atoms with Gasteiger partial charge in [-0.05, 0) is 20.3 Å². The van der Waals surface area contributed by atoms with Crippen molar-refractivity contribution in [1.29, 1.82) is 0 Å². The molecule has 0 saturated carbocycles. The van der Waals surface area contributed by atoms with Crippen LogP contribution in [0.3, 0.4) is 0 Å². The van der Waals surface area contributed by atoms with Gasteiger partial charge in [-0.1, -0.05) is 103 Å². The number of unbranched alkanes of at least 4 members (excludes halogenated alkanes) is 15. The molecule has 0 bridgehead atoms. The fraction of sp³-hybridized carbons (Fsp3) is 1.00. The third kappa shape index (κ3) is 45.3. The second-order valence-electron chi connectivity index (χ2n) is 6.66. The molecule has 0 atom stereocenters. The lowest BCUT2D eigenvalue weighted by Crippen LogP contribution is -1.85. The predicted octanol–water partition coefficient (Wildman–Crippen LogP) is 6.24. The van der Waals surface area contributed by atoms with Crippen LogP contribution in [0, 0.1) is 0 Å². The molecule has 0 aliphatic rings. The maximum Gasteiger partial charge on any atom is 0.0431 e. The molecule has 0 aliphatic heterocycles. The zero-order valence-corrected chi connectivity index (χ0v) is 17.8. The second-order valence-corrected chi connectivity index (χ2v) is 6.66. The minimum absolute atomic E-state index is 0.250. The molecule has 0 fully saturated rings. The van der Waals surface area contributed by atoms with Crippen LogP contribution in [0.5, 0.6) is 0 Å². The van der Waals surface area contributed by atoms with E-state index in [4.69, 9.17) is 15.3 Å². The molecule has 0 radical (unpaired) electrons. The predicted molar refractivity (Wildman–Crippen MR) is 112 cm³/mol. The summed E-state index contributed by atoms with van der Waals surface area (Å²) in [4.78, 5) is 0. The summed E-state index contributed by atoms with van der Waals surface area (Å²) in [5.41, 5.74) is 0. The van der Waals surface area contributed by atoms with Crippen LogP contribution in [0.1, 0.15) is 124 Å². The average molecular weight is 363 g/mol. The summed E-state index contributed by atoms with van der Waals surface area (Å²) in [6, 6.07) is 0. The molecule has 0 rings (SSSR count). The van der Waals surface area contributed by atoms with E-state index in [2.05, 4.69) is 6.92 Å². The molecular formula is C22H50O3. The molecule has 0 unspecified atom stereocenters. The van der Waals surface area contributed by atoms with Gasteiger partial charge in [0.15, 0.2) is 0 Å². The average Bonchev–Trinajstić information content (AvgIpc) is 2.60. The fourth-order valence-electron chi connectivity index (χ4n) is 2.66. The van der Waals surface area contributed by atoms with Gasteiger partial charge in [-0.3, -0.25) is 0 Å². The summed E-state index contributed by atoms with van der Waals surface area (Å²) < 4.78 is 0. The topological polar surface area (TPSA) is 60.7 Å². The summed E-state index contributed by atoms with van der Waals surface area (Å²) in [6.07, 6.45) is 22.2. The normalized spacial score (nSPS) is 9.84. The number of aliphatic hydroxyl groups excluding tert-OH is 3. The molecule has 156 valence electrons. The van der Waals surface area contributed by atoms with Gasteiger partial charge in [0.2, 0.25) is 0 Å². The lowest BCUT2D eigenvalue weighted by Gasteiger charge is -2.03. The summed E-state index contributed by atoms with van der Waals surface area (Å²) in [5, 5.41) is 23.8. The molecule has 0 aromatic carbocycles. The van der Waals surface area contributed by atoms with E-state index >= 15 is 0 Å². The summed E-state index contributed by atoms with van der Waals surface area (Å²) >= 11 is 0. The molecule has 3 nitrogen and oxygen atoms in total. The Kier molecular flexibility index (Phi) is 41.6. The van der Waals surface area contributed by atoms with Crippen LogP contribution in [-0.4, -0.2) is 35.1 Å². The molecule has 3 heteroatoms. The van der Waals surface area contributed by atoms with Gasteiger partial charge in [-0.15, -0.1) is 0 Å². The summed E-state index contributed by atoms with van der Waals surface area (Å²) in [5.74, 6) is 0. The van der Waals surface area contributed by atoms with Crippen molar-refractivity contribution in [1.82, 2.24) is 0 Å². The van der Waals surface area contributed by atoms with Crippen LogP contribution in [-0.2, 0) is 0 Å². The molecule has 25 heavy (non-hydrogen) atoms. The standard InChI is InChI=1S/C18H38O.2C2H6O/c1-2-3-4-5-6-7-8-9-10-11-12-13-14-15-16-17-18-19;2*1-2-3/h19H,2-18H2,1H3;2*3H,2H2,1H3. The minimum atomic E-state index is 0.250. The third-order valence-electron chi connectivity index (χ3n) is 4.01. The summed E-state index contributed by atoms with van der Waals surface area (Å²) in [6.45, 7) is 6.52. The van der Waals surface area contributed by atoms with E-state index < -0.39 is 0 Å². The molecule has 0 spiro atoms. The second kappa shape index (κ2) is 35.1. The molecule has 0 saturated heterocycles. The van der Waals surface area contributed by atoms with Gasteiger partial charge in [0, 0.05) is 19.8 Å². The Morgan fingerprint density at radius 1 is 0.360 bits per heavy atom. The van der Waals surface area contributed by atoms with E-state index in [1.54, 1.807) is 13.8 Å². The van der Waals surface area contributed by atoms with Gasteiger partial charge in [0.25, 0.3) is 0 Å². The molecule has 0 aliphatic carbocycles. The molecular weight excluding hydrogens is 312 g/mol. The van der Waals surface area contributed by atoms with Crippen LogP contribution in [0.25, 0.3) is 0 Å². The van der Waals surface area contributed by atoms with Crippen LogP contribution in [0.4, 0.5) is 0 Å². The van der Waals surface area contributed by atoms with Gasteiger partial charge < -0.3 is 15.3 Å². The van der Waals surface area contributed by atoms with Crippen molar-refractivity contribution in [3.63, 3.8) is 0 Å². The minimum Gasteiger partial charge on any atom is -0.397 e. The number of hydrogen-bond donors (Lipinski definition) is 3. The van der Waals surface area contributed by atoms with Gasteiger partial charge in [-0.25, -0.2) is 0 Å². The Hall–Kier alpha value is -0.120. The molecule has 3 N–H and O–H groups in total. The Balaban J connectivity index is -0.000000700. The highest BCUT2D eigenvalue weighted by atomic mass is 16.3. The Morgan fingerprint density at radius 3 is 0.760 bits per heavy atom. The molecule has 0 aromatic heterocycles. The van der Waals surface area contributed by atoms with E-state index in [9.17, 15) is 0 Å². The third-order valence-corrected chi connectivity index (χ3v) is 4.01. The zero-order chi connectivity index (χ0) is 19.4. The van der Waals surface area contributed by atoms with Crippen molar-refractivity contribution >= 4 is 0 Å². The van der Waals surface area contributed by atoms with Gasteiger partial charge in [0.05, 0.1) is 0 Å². The first-order chi connectivity index (χ1) is 12.2. The summed E-state index contributed by atoms with van der Waals surface area (Å²) in [7, 11) is 0. The zero-order valence-electron chi connectivity index (χ0n) is 17.8. The van der Waals surface area contributed by atoms with E-state index in [1.165, 1.54) is 96.3 Å². The van der Waals surface area contributed by atoms with Crippen LogP contribution in [0.2, 0.25) is 0 Å². The quantitative estimate of drug-likeness (QED) is 0.285. The van der Waals surface area contributed by atoms with Gasteiger partial charge in [0.1, 0.15) is 0 Å². The maximum absolute atomic E-state index is 8.67. The fourth-order valence-corrected chi connectivity index (χ4v) is 2.66. The van der Waals surface area contributed by atoms with Crippen molar-refractivity contribution in [2.24, 2.45) is 0 Å². The maximum atomic E-state index is 8.67. The Labute approximate surface area is 159 Å². The molecule has 0 amide bonds. The highest BCUT2D eigenvalue weighted by Gasteiger charge is 1.94. The SMILES string of the molecule is CCCCCCCCCCCCCCCCCCO.CCO.CCO. The molecule has 0 heterocycles. The Morgan fingerprint density at radius 2 is 0.560 bits per heavy atom. The first kappa shape index (κ1) is 29.6. The lowest BCUT2D eigenvalue weighted by molar-refractivity contribution is 0.282. The van der Waals surface area contributed by atoms with E-state index in [1.807, 2.05) is 0 Å². The van der Waals surface area contributed by atoms with E-state index in [0.29, 0.717) is 6.61 Å². The monoisotopic (exact) mass is 362 g/mol. The van der Waals surface area contributed by atoms with Crippen LogP contribution in [0.15, 0.2) is 0 Å². The highest BCUT2D eigenvalue weighted by Crippen LogP contribution is 2.13. The van der Waals surface area contributed by atoms with Gasteiger partial charge in [-0.2, -0.15) is 0 Å². The molecule has 0 aromatic rings. The first-order valence-corrected chi connectivity index (χ1v) is 11.1. The van der Waals surface area contributed by atoms with E-state index in [0.717, 1.165) is 6.42 Å². The Bertz CT molecular complexity index is 157. The largest absolute Gasteiger partial charge is 0.397 e. The van der Waals surface area contributed by atoms with Crippen LogP contribution >= 0.6 is 0 Å². The number of hydrogen-bond acceptors (Lipinski definition) is 3. The van der Waals surface area contributed by atoms with Crippen molar-refractivity contribution in [3.8, 4) is 0 Å². The van der Waals surface area contributed by atoms with Crippen molar-refractivity contribution < 1.29 is 15.3 Å². The van der Waals surface area contributed by atoms with Crippen molar-refractivity contribution in [2.75, 3.05) is 19.8 Å². The lowest BCUT2D eigenvalue weighted by atomic mass is 10.0. The number of rotatable bonds is 16. The highest BCUT2D eigenvalue weighted by molar-refractivity contribution is 4.49. The van der Waals surface area contributed by atoms with Crippen LogP contribution < -0.4 is 0 Å². The smallest absolute Gasteiger partial charge is 0.0431 e. The van der Waals surface area contributed by atoms with E-state index in [-0.39, 0.29) is 13.2 Å². The van der Waals surface area contributed by atoms with Crippen molar-refractivity contribution in [2.45, 2.75) is 124 Å². The van der Waals surface area contributed by atoms with Gasteiger partial charge >= 0.3 is 0 Å².